The highest BCUT2D eigenvalue weighted by Crippen LogP contribution is 2.16. The minimum atomic E-state index is -4.11. The highest BCUT2D eigenvalue weighted by molar-refractivity contribution is 7.90. The van der Waals surface area contributed by atoms with E-state index in [1.165, 1.54) is 49.7 Å². The number of amides is 2. The lowest BCUT2D eigenvalue weighted by molar-refractivity contribution is 0.0940. The van der Waals surface area contributed by atoms with Gasteiger partial charge in [0, 0.05) is 17.8 Å². The molecule has 2 aromatic rings. The van der Waals surface area contributed by atoms with E-state index in [9.17, 15) is 18.0 Å². The zero-order valence-electron chi connectivity index (χ0n) is 14.5. The number of aromatic nitrogens is 1. The van der Waals surface area contributed by atoms with Crippen LogP contribution in [-0.4, -0.2) is 38.4 Å². The van der Waals surface area contributed by atoms with E-state index in [2.05, 4.69) is 10.3 Å². The van der Waals surface area contributed by atoms with Crippen LogP contribution in [0.25, 0.3) is 0 Å². The van der Waals surface area contributed by atoms with E-state index in [4.69, 9.17) is 4.74 Å². The van der Waals surface area contributed by atoms with Gasteiger partial charge in [0.05, 0.1) is 12.0 Å². The predicted octanol–water partition coefficient (Wildman–Crippen LogP) is 1.35. The Morgan fingerprint density at radius 3 is 2.31 bits per heavy atom. The molecule has 0 saturated carbocycles. The molecule has 0 atom stereocenters. The molecule has 0 aliphatic rings. The van der Waals surface area contributed by atoms with Crippen molar-refractivity contribution in [3.63, 3.8) is 0 Å². The number of carbonyl (C=O) groups excluding carboxylic acids is 2. The maximum Gasteiger partial charge on any atom is 0.270 e. The lowest BCUT2D eigenvalue weighted by atomic mass is 10.2. The van der Waals surface area contributed by atoms with Gasteiger partial charge >= 0.3 is 0 Å². The minimum Gasteiger partial charge on any atom is -0.480 e. The van der Waals surface area contributed by atoms with Crippen LogP contribution in [0.2, 0.25) is 0 Å². The molecule has 0 radical (unpaired) electrons. The molecule has 1 aromatic heterocycles. The van der Waals surface area contributed by atoms with E-state index in [-0.39, 0.29) is 28.3 Å². The Hall–Kier alpha value is -2.94. The molecule has 138 valence electrons. The van der Waals surface area contributed by atoms with Crippen LogP contribution in [-0.2, 0) is 10.0 Å². The van der Waals surface area contributed by atoms with Gasteiger partial charge in [0.15, 0.2) is 0 Å². The van der Waals surface area contributed by atoms with Gasteiger partial charge in [0.2, 0.25) is 5.88 Å². The smallest absolute Gasteiger partial charge is 0.270 e. The first-order valence-corrected chi connectivity index (χ1v) is 9.20. The summed E-state index contributed by atoms with van der Waals surface area (Å²) in [5.41, 5.74) is 0.310. The molecule has 0 bridgehead atoms. The quantitative estimate of drug-likeness (QED) is 0.785. The van der Waals surface area contributed by atoms with Gasteiger partial charge in [0.1, 0.15) is 5.56 Å². The van der Waals surface area contributed by atoms with Crippen molar-refractivity contribution in [2.24, 2.45) is 0 Å². The van der Waals surface area contributed by atoms with Crippen LogP contribution in [0, 0.1) is 0 Å². The van der Waals surface area contributed by atoms with Crippen molar-refractivity contribution in [1.82, 2.24) is 15.0 Å². The Kier molecular flexibility index (Phi) is 5.93. The Balaban J connectivity index is 2.19. The van der Waals surface area contributed by atoms with Gasteiger partial charge < -0.3 is 10.1 Å². The molecule has 9 heteroatoms. The zero-order chi connectivity index (χ0) is 19.3. The first-order chi connectivity index (χ1) is 12.2. The lowest BCUT2D eigenvalue weighted by Gasteiger charge is -2.10. The molecule has 0 spiro atoms. The molecule has 1 aromatic carbocycles. The molecule has 1 heterocycles. The maximum atomic E-state index is 12.4. The largest absolute Gasteiger partial charge is 0.480 e. The Bertz CT molecular complexity index is 908. The van der Waals surface area contributed by atoms with Crippen LogP contribution in [0.1, 0.15) is 34.6 Å². The zero-order valence-corrected chi connectivity index (χ0v) is 15.3. The predicted molar refractivity (Wildman–Crippen MR) is 94.5 cm³/mol. The minimum absolute atomic E-state index is 0.00786. The fourth-order valence-corrected chi connectivity index (χ4v) is 3.06. The highest BCUT2D eigenvalue weighted by atomic mass is 32.2. The number of carbonyl (C=O) groups is 2. The van der Waals surface area contributed by atoms with Crippen LogP contribution in [0.15, 0.2) is 47.5 Å². The van der Waals surface area contributed by atoms with E-state index in [0.717, 1.165) is 0 Å². The Morgan fingerprint density at radius 1 is 1.08 bits per heavy atom. The molecular formula is C17H19N3O5S. The Morgan fingerprint density at radius 2 is 1.73 bits per heavy atom. The van der Waals surface area contributed by atoms with Gasteiger partial charge in [-0.15, -0.1) is 0 Å². The summed E-state index contributed by atoms with van der Waals surface area (Å²) in [6, 6.07) is 8.11. The molecule has 0 aliphatic carbocycles. The van der Waals surface area contributed by atoms with Crippen molar-refractivity contribution < 1.29 is 22.7 Å². The number of methoxy groups -OCH3 is 1. The number of sulfonamides is 1. The normalized spacial score (nSPS) is 11.1. The van der Waals surface area contributed by atoms with Crippen LogP contribution in [0.5, 0.6) is 5.88 Å². The summed E-state index contributed by atoms with van der Waals surface area (Å²) < 4.78 is 31.7. The summed E-state index contributed by atoms with van der Waals surface area (Å²) >= 11 is 0. The summed E-state index contributed by atoms with van der Waals surface area (Å²) in [4.78, 5) is 27.8. The van der Waals surface area contributed by atoms with Gasteiger partial charge in [0.25, 0.3) is 21.8 Å². The second-order valence-corrected chi connectivity index (χ2v) is 7.33. The van der Waals surface area contributed by atoms with E-state index in [1.54, 1.807) is 0 Å². The van der Waals surface area contributed by atoms with Gasteiger partial charge in [-0.25, -0.2) is 18.1 Å². The van der Waals surface area contributed by atoms with Crippen LogP contribution < -0.4 is 14.8 Å². The van der Waals surface area contributed by atoms with Crippen molar-refractivity contribution >= 4 is 21.8 Å². The number of hydrogen-bond acceptors (Lipinski definition) is 6. The lowest BCUT2D eigenvalue weighted by Crippen LogP contribution is -2.31. The molecule has 26 heavy (non-hydrogen) atoms. The molecule has 2 N–H and O–H groups in total. The average molecular weight is 377 g/mol. The van der Waals surface area contributed by atoms with Crippen LogP contribution in [0.3, 0.4) is 0 Å². The first kappa shape index (κ1) is 19.4. The molecule has 8 nitrogen and oxygen atoms in total. The third kappa shape index (κ3) is 4.57. The summed E-state index contributed by atoms with van der Waals surface area (Å²) in [6.07, 6.45) is 1.42. The number of benzene rings is 1. The highest BCUT2D eigenvalue weighted by Gasteiger charge is 2.22. The number of rotatable bonds is 6. The number of nitrogens with zero attached hydrogens (tertiary/aromatic N) is 1. The van der Waals surface area contributed by atoms with Crippen molar-refractivity contribution in [3.05, 3.63) is 53.7 Å². The number of hydrogen-bond donors (Lipinski definition) is 2. The van der Waals surface area contributed by atoms with Crippen molar-refractivity contribution in [1.29, 1.82) is 0 Å². The SMILES string of the molecule is COc1ncccc1C(=O)NS(=O)(=O)c1ccc(C(=O)NC(C)C)cc1. The molecule has 0 saturated heterocycles. The third-order valence-corrected chi connectivity index (χ3v) is 4.63. The number of nitrogens with one attached hydrogen (secondary N) is 2. The van der Waals surface area contributed by atoms with Crippen molar-refractivity contribution in [2.75, 3.05) is 7.11 Å². The number of pyridine rings is 1. The molecular weight excluding hydrogens is 358 g/mol. The Labute approximate surface area is 151 Å². The van der Waals surface area contributed by atoms with Gasteiger partial charge in [-0.2, -0.15) is 0 Å². The third-order valence-electron chi connectivity index (χ3n) is 3.28. The summed E-state index contributed by atoms with van der Waals surface area (Å²) in [6.45, 7) is 3.64. The van der Waals surface area contributed by atoms with Gasteiger partial charge in [-0.3, -0.25) is 9.59 Å². The molecule has 0 aliphatic heterocycles. The second-order valence-electron chi connectivity index (χ2n) is 5.65. The topological polar surface area (TPSA) is 114 Å². The molecule has 0 unspecified atom stereocenters. The van der Waals surface area contributed by atoms with E-state index >= 15 is 0 Å². The first-order valence-electron chi connectivity index (χ1n) is 7.71. The van der Waals surface area contributed by atoms with Crippen LogP contribution in [0.4, 0.5) is 0 Å². The number of ether oxygens (including phenoxy) is 1. The molecule has 0 fully saturated rings. The summed E-state index contributed by atoms with van der Waals surface area (Å²) in [5, 5.41) is 2.70. The monoisotopic (exact) mass is 377 g/mol. The van der Waals surface area contributed by atoms with E-state index < -0.39 is 15.9 Å². The van der Waals surface area contributed by atoms with Gasteiger partial charge in [-0.1, -0.05) is 0 Å². The van der Waals surface area contributed by atoms with Crippen LogP contribution >= 0.6 is 0 Å². The fraction of sp³-hybridized carbons (Fsp3) is 0.235. The molecule has 2 rings (SSSR count). The van der Waals surface area contributed by atoms with Gasteiger partial charge in [-0.05, 0) is 50.2 Å². The standard InChI is InChI=1S/C17H19N3O5S/c1-11(2)19-15(21)12-6-8-13(9-7-12)26(23,24)20-16(22)14-5-4-10-18-17(14)25-3/h4-11H,1-3H3,(H,19,21)(H,20,22). The van der Waals surface area contributed by atoms with Crippen molar-refractivity contribution in [2.45, 2.75) is 24.8 Å². The van der Waals surface area contributed by atoms with E-state index in [0.29, 0.717) is 5.56 Å². The molecule has 2 amide bonds. The average Bonchev–Trinajstić information content (AvgIpc) is 2.60. The second kappa shape index (κ2) is 7.96. The van der Waals surface area contributed by atoms with E-state index in [1.807, 2.05) is 18.6 Å². The maximum absolute atomic E-state index is 12.4. The summed E-state index contributed by atoms with van der Waals surface area (Å²) in [7, 11) is -2.78. The summed E-state index contributed by atoms with van der Waals surface area (Å²) in [5.74, 6) is -1.16. The van der Waals surface area contributed by atoms with Crippen molar-refractivity contribution in [3.8, 4) is 5.88 Å². The fourth-order valence-electron chi connectivity index (χ4n) is 2.09.